The molecular weight excluding hydrogens is 399 g/mol. The molecule has 0 saturated carbocycles. The van der Waals surface area contributed by atoms with Gasteiger partial charge in [-0.25, -0.2) is 9.37 Å². The molecule has 2 aromatic carbocycles. The standard InChI is InChI=1S/C27H23FN4/c1-4-20-16-23(9-10-25(20)29-3)24-12-14-31-27(26(24)28)32-17-19-5-7-21(8-6-19)22-11-13-30-18(2)15-22/h4-16H,1,3,17H2,2H3,(H,31,32). The van der Waals surface area contributed by atoms with Gasteiger partial charge in [-0.3, -0.25) is 9.98 Å². The van der Waals surface area contributed by atoms with Crippen molar-refractivity contribution in [2.45, 2.75) is 13.5 Å². The number of anilines is 1. The van der Waals surface area contributed by atoms with Crippen LogP contribution in [0.5, 0.6) is 0 Å². The van der Waals surface area contributed by atoms with Gasteiger partial charge in [0.2, 0.25) is 0 Å². The quantitative estimate of drug-likeness (QED) is 0.332. The van der Waals surface area contributed by atoms with E-state index < -0.39 is 5.82 Å². The molecule has 0 bridgehead atoms. The maximum absolute atomic E-state index is 15.2. The van der Waals surface area contributed by atoms with Crippen LogP contribution >= 0.6 is 0 Å². The van der Waals surface area contributed by atoms with E-state index in [1.165, 1.54) is 0 Å². The molecule has 2 heterocycles. The summed E-state index contributed by atoms with van der Waals surface area (Å²) >= 11 is 0. The van der Waals surface area contributed by atoms with Crippen molar-refractivity contribution in [1.29, 1.82) is 0 Å². The van der Waals surface area contributed by atoms with Gasteiger partial charge in [-0.2, -0.15) is 0 Å². The predicted octanol–water partition coefficient (Wildman–Crippen LogP) is 6.85. The molecule has 0 atom stereocenters. The van der Waals surface area contributed by atoms with Crippen LogP contribution in [0.4, 0.5) is 15.9 Å². The first kappa shape index (κ1) is 21.1. The van der Waals surface area contributed by atoms with E-state index in [-0.39, 0.29) is 5.82 Å². The average molecular weight is 423 g/mol. The third-order valence-corrected chi connectivity index (χ3v) is 5.26. The normalized spacial score (nSPS) is 10.6. The molecule has 32 heavy (non-hydrogen) atoms. The Morgan fingerprint density at radius 1 is 0.938 bits per heavy atom. The van der Waals surface area contributed by atoms with Crippen molar-refractivity contribution in [3.8, 4) is 22.3 Å². The smallest absolute Gasteiger partial charge is 0.173 e. The Morgan fingerprint density at radius 2 is 1.69 bits per heavy atom. The number of pyridine rings is 2. The number of hydrogen-bond donors (Lipinski definition) is 1. The highest BCUT2D eigenvalue weighted by atomic mass is 19.1. The van der Waals surface area contributed by atoms with Crippen molar-refractivity contribution in [3.05, 3.63) is 102 Å². The summed E-state index contributed by atoms with van der Waals surface area (Å²) < 4.78 is 15.2. The number of halogens is 1. The molecule has 4 nitrogen and oxygen atoms in total. The molecular formula is C27H23FN4. The minimum Gasteiger partial charge on any atom is -0.364 e. The molecule has 5 heteroatoms. The molecule has 158 valence electrons. The molecule has 4 rings (SSSR count). The van der Waals surface area contributed by atoms with Gasteiger partial charge in [0, 0.05) is 35.8 Å². The summed E-state index contributed by atoms with van der Waals surface area (Å²) in [6.45, 7) is 9.79. The minimum absolute atomic E-state index is 0.211. The SMILES string of the molecule is C=Cc1cc(-c2ccnc(NCc3ccc(-c4ccnc(C)c4)cc3)c2F)ccc1N=C. The van der Waals surface area contributed by atoms with E-state index in [2.05, 4.69) is 45.7 Å². The Balaban J connectivity index is 1.52. The van der Waals surface area contributed by atoms with Crippen molar-refractivity contribution in [3.63, 3.8) is 0 Å². The minimum atomic E-state index is -0.397. The fourth-order valence-corrected chi connectivity index (χ4v) is 3.55. The van der Waals surface area contributed by atoms with Gasteiger partial charge in [-0.1, -0.05) is 43.0 Å². The van der Waals surface area contributed by atoms with Crippen LogP contribution in [0.1, 0.15) is 16.8 Å². The van der Waals surface area contributed by atoms with Crippen molar-refractivity contribution in [1.82, 2.24) is 9.97 Å². The molecule has 0 amide bonds. The van der Waals surface area contributed by atoms with E-state index >= 15 is 4.39 Å². The van der Waals surface area contributed by atoms with Crippen LogP contribution < -0.4 is 5.32 Å². The Kier molecular flexibility index (Phi) is 6.17. The van der Waals surface area contributed by atoms with Crippen LogP contribution in [0.25, 0.3) is 28.3 Å². The molecule has 4 aromatic rings. The second-order valence-corrected chi connectivity index (χ2v) is 7.39. The van der Waals surface area contributed by atoms with Crippen LogP contribution in [-0.4, -0.2) is 16.7 Å². The maximum atomic E-state index is 15.2. The molecule has 0 unspecified atom stereocenters. The lowest BCUT2D eigenvalue weighted by Crippen LogP contribution is -2.04. The number of nitrogens with zero attached hydrogens (tertiary/aromatic N) is 3. The number of aromatic nitrogens is 2. The van der Waals surface area contributed by atoms with Crippen molar-refractivity contribution < 1.29 is 4.39 Å². The van der Waals surface area contributed by atoms with E-state index in [4.69, 9.17) is 0 Å². The van der Waals surface area contributed by atoms with Crippen LogP contribution in [0.3, 0.4) is 0 Å². The van der Waals surface area contributed by atoms with Crippen molar-refractivity contribution >= 4 is 24.3 Å². The van der Waals surface area contributed by atoms with Gasteiger partial charge in [0.25, 0.3) is 0 Å². The highest BCUT2D eigenvalue weighted by Crippen LogP contribution is 2.31. The van der Waals surface area contributed by atoms with Crippen LogP contribution in [0.2, 0.25) is 0 Å². The number of nitrogens with one attached hydrogen (secondary N) is 1. The molecule has 1 N–H and O–H groups in total. The second kappa shape index (κ2) is 9.35. The fourth-order valence-electron chi connectivity index (χ4n) is 3.55. The molecule has 0 aliphatic carbocycles. The lowest BCUT2D eigenvalue weighted by Gasteiger charge is -2.12. The lowest BCUT2D eigenvalue weighted by molar-refractivity contribution is 0.628. The number of benzene rings is 2. The number of aryl methyl sites for hydroxylation is 1. The third kappa shape index (κ3) is 4.47. The molecule has 0 fully saturated rings. The summed E-state index contributed by atoms with van der Waals surface area (Å²) in [4.78, 5) is 12.4. The van der Waals surface area contributed by atoms with Crippen molar-refractivity contribution in [2.75, 3.05) is 5.32 Å². The molecule has 0 saturated heterocycles. The number of hydrogen-bond acceptors (Lipinski definition) is 4. The third-order valence-electron chi connectivity index (χ3n) is 5.26. The van der Waals surface area contributed by atoms with Crippen molar-refractivity contribution in [2.24, 2.45) is 4.99 Å². The number of aliphatic imine (C=N–C) groups is 1. The summed E-state index contributed by atoms with van der Waals surface area (Å²) in [5, 5.41) is 3.11. The molecule has 0 aliphatic heterocycles. The zero-order chi connectivity index (χ0) is 22.5. The predicted molar refractivity (Wildman–Crippen MR) is 131 cm³/mol. The molecule has 0 aliphatic rings. The van der Waals surface area contributed by atoms with Gasteiger partial charge >= 0.3 is 0 Å². The van der Waals surface area contributed by atoms with Gasteiger partial charge in [0.1, 0.15) is 0 Å². The van der Waals surface area contributed by atoms with Gasteiger partial charge in [0.15, 0.2) is 11.6 Å². The largest absolute Gasteiger partial charge is 0.364 e. The van der Waals surface area contributed by atoms with E-state index in [0.717, 1.165) is 33.5 Å². The summed E-state index contributed by atoms with van der Waals surface area (Å²) in [7, 11) is 0. The highest BCUT2D eigenvalue weighted by molar-refractivity contribution is 5.75. The Bertz CT molecular complexity index is 1280. The van der Waals surface area contributed by atoms with E-state index in [1.54, 1.807) is 30.6 Å². The Labute approximate surface area is 187 Å². The molecule has 0 radical (unpaired) electrons. The van der Waals surface area contributed by atoms with Gasteiger partial charge in [0.05, 0.1) is 5.69 Å². The second-order valence-electron chi connectivity index (χ2n) is 7.39. The zero-order valence-electron chi connectivity index (χ0n) is 17.8. The maximum Gasteiger partial charge on any atom is 0.173 e. The summed E-state index contributed by atoms with van der Waals surface area (Å²) in [6.07, 6.45) is 5.09. The van der Waals surface area contributed by atoms with E-state index in [9.17, 15) is 0 Å². The average Bonchev–Trinajstić information content (AvgIpc) is 2.83. The number of rotatable bonds is 7. The summed E-state index contributed by atoms with van der Waals surface area (Å²) in [5.74, 6) is -0.187. The van der Waals surface area contributed by atoms with Crippen LogP contribution in [0, 0.1) is 12.7 Å². The molecule has 0 spiro atoms. The Hall–Kier alpha value is -4.12. The van der Waals surface area contributed by atoms with Gasteiger partial charge in [-0.05, 0) is 66.2 Å². The summed E-state index contributed by atoms with van der Waals surface area (Å²) in [5.41, 5.74) is 6.94. The fraction of sp³-hybridized carbons (Fsp3) is 0.0741. The monoisotopic (exact) mass is 422 g/mol. The first-order valence-corrected chi connectivity index (χ1v) is 10.2. The Morgan fingerprint density at radius 3 is 2.41 bits per heavy atom. The van der Waals surface area contributed by atoms with Gasteiger partial charge in [-0.15, -0.1) is 0 Å². The van der Waals surface area contributed by atoms with Crippen LogP contribution in [0.15, 0.2) is 84.6 Å². The topological polar surface area (TPSA) is 50.2 Å². The lowest BCUT2D eigenvalue weighted by atomic mass is 10.0. The van der Waals surface area contributed by atoms with E-state index in [1.807, 2.05) is 43.3 Å². The van der Waals surface area contributed by atoms with E-state index in [0.29, 0.717) is 17.8 Å². The zero-order valence-corrected chi connectivity index (χ0v) is 17.8. The van der Waals surface area contributed by atoms with Crippen LogP contribution in [-0.2, 0) is 6.54 Å². The molecule has 2 aromatic heterocycles. The van der Waals surface area contributed by atoms with Gasteiger partial charge < -0.3 is 5.32 Å². The first-order chi connectivity index (χ1) is 15.6. The highest BCUT2D eigenvalue weighted by Gasteiger charge is 2.12. The first-order valence-electron chi connectivity index (χ1n) is 10.2. The summed E-state index contributed by atoms with van der Waals surface area (Å²) in [6, 6.07) is 19.3.